The van der Waals surface area contributed by atoms with E-state index >= 15 is 0 Å². The molecule has 2 nitrogen and oxygen atoms in total. The normalized spacial score (nSPS) is 32.7. The maximum Gasteiger partial charge on any atom is 0.0998 e. The molecule has 2 unspecified atom stereocenters. The maximum absolute atomic E-state index is 5.70. The van der Waals surface area contributed by atoms with Crippen molar-refractivity contribution in [2.45, 2.75) is 25.3 Å². The molecule has 0 aromatic heterocycles. The lowest BCUT2D eigenvalue weighted by molar-refractivity contribution is 0.234. The van der Waals surface area contributed by atoms with Gasteiger partial charge in [0.25, 0.3) is 0 Å². The fourth-order valence-electron chi connectivity index (χ4n) is 2.89. The van der Waals surface area contributed by atoms with Crippen molar-refractivity contribution in [2.75, 3.05) is 6.61 Å². The quantitative estimate of drug-likeness (QED) is 0.704. The van der Waals surface area contributed by atoms with Crippen molar-refractivity contribution in [3.05, 3.63) is 42.2 Å². The van der Waals surface area contributed by atoms with Crippen LogP contribution in [0.4, 0.5) is 0 Å². The van der Waals surface area contributed by atoms with E-state index in [2.05, 4.69) is 24.4 Å². The molecule has 0 fully saturated rings. The van der Waals surface area contributed by atoms with Gasteiger partial charge in [-0.05, 0) is 29.8 Å². The first-order valence-electron chi connectivity index (χ1n) is 5.66. The summed E-state index contributed by atoms with van der Waals surface area (Å²) in [6, 6.07) is 0.466. The standard InChI is InChI=1S/C13H16NO/c1-2-10-11-5-7-15-12(11)8-9-4-3-6-14-13(9)10/h3-4,6,10,13-14H,1-2,5,7-8H2. The molecular formula is C13H16NO. The van der Waals surface area contributed by atoms with E-state index in [1.54, 1.807) is 0 Å². The van der Waals surface area contributed by atoms with Crippen LogP contribution in [0.5, 0.6) is 0 Å². The van der Waals surface area contributed by atoms with Crippen molar-refractivity contribution in [3.8, 4) is 0 Å². The summed E-state index contributed by atoms with van der Waals surface area (Å²) in [4.78, 5) is 0. The first-order chi connectivity index (χ1) is 7.40. The summed E-state index contributed by atoms with van der Waals surface area (Å²) in [5, 5.41) is 3.46. The Balaban J connectivity index is 1.99. The second-order valence-corrected chi connectivity index (χ2v) is 4.36. The highest BCUT2D eigenvalue weighted by atomic mass is 16.5. The van der Waals surface area contributed by atoms with Crippen molar-refractivity contribution in [3.63, 3.8) is 0 Å². The predicted octanol–water partition coefficient (Wildman–Crippen LogP) is 2.32. The molecule has 0 bridgehead atoms. The van der Waals surface area contributed by atoms with Gasteiger partial charge >= 0.3 is 0 Å². The summed E-state index contributed by atoms with van der Waals surface area (Å²) in [6.45, 7) is 4.95. The Morgan fingerprint density at radius 2 is 2.47 bits per heavy atom. The molecule has 0 amide bonds. The topological polar surface area (TPSA) is 21.3 Å². The van der Waals surface area contributed by atoms with Crippen molar-refractivity contribution < 1.29 is 4.74 Å². The van der Waals surface area contributed by atoms with E-state index in [1.807, 2.05) is 6.20 Å². The largest absolute Gasteiger partial charge is 0.497 e. The second-order valence-electron chi connectivity index (χ2n) is 4.36. The fourth-order valence-corrected chi connectivity index (χ4v) is 2.89. The van der Waals surface area contributed by atoms with E-state index in [9.17, 15) is 0 Å². The summed E-state index contributed by atoms with van der Waals surface area (Å²) >= 11 is 0. The molecule has 1 N–H and O–H groups in total. The number of dihydropyridines is 1. The Morgan fingerprint density at radius 3 is 3.33 bits per heavy atom. The van der Waals surface area contributed by atoms with Gasteiger partial charge in [-0.25, -0.2) is 0 Å². The predicted molar refractivity (Wildman–Crippen MR) is 59.8 cm³/mol. The lowest BCUT2D eigenvalue weighted by Gasteiger charge is -2.35. The average molecular weight is 202 g/mol. The molecule has 3 rings (SSSR count). The molecule has 1 aliphatic carbocycles. The summed E-state index contributed by atoms with van der Waals surface area (Å²) < 4.78 is 5.70. The molecule has 0 saturated carbocycles. The third-order valence-corrected chi connectivity index (χ3v) is 3.61. The van der Waals surface area contributed by atoms with Crippen LogP contribution >= 0.6 is 0 Å². The van der Waals surface area contributed by atoms with Crippen LogP contribution in [0.2, 0.25) is 0 Å². The Kier molecular flexibility index (Phi) is 2.08. The Labute approximate surface area is 90.7 Å². The molecule has 15 heavy (non-hydrogen) atoms. The van der Waals surface area contributed by atoms with Crippen LogP contribution < -0.4 is 5.32 Å². The van der Waals surface area contributed by atoms with Gasteiger partial charge in [-0.15, -0.1) is 0 Å². The summed E-state index contributed by atoms with van der Waals surface area (Å²) in [7, 11) is 0. The van der Waals surface area contributed by atoms with E-state index < -0.39 is 0 Å². The average Bonchev–Trinajstić information content (AvgIpc) is 2.73. The van der Waals surface area contributed by atoms with E-state index in [1.165, 1.54) is 16.9 Å². The first kappa shape index (κ1) is 9.08. The second kappa shape index (κ2) is 3.44. The fraction of sp³-hybridized carbons (Fsp3) is 0.462. The molecular weight excluding hydrogens is 186 g/mol. The van der Waals surface area contributed by atoms with Gasteiger partial charge in [-0.2, -0.15) is 0 Å². The summed E-state index contributed by atoms with van der Waals surface area (Å²) in [5.74, 6) is 1.76. The molecule has 2 heteroatoms. The van der Waals surface area contributed by atoms with Gasteiger partial charge in [-0.3, -0.25) is 0 Å². The highest BCUT2D eigenvalue weighted by Gasteiger charge is 2.36. The molecule has 2 heterocycles. The van der Waals surface area contributed by atoms with Gasteiger partial charge < -0.3 is 10.1 Å². The number of ether oxygens (including phenoxy) is 1. The molecule has 79 valence electrons. The number of nitrogens with one attached hydrogen (secondary N) is 1. The highest BCUT2D eigenvalue weighted by molar-refractivity contribution is 5.37. The van der Waals surface area contributed by atoms with Crippen LogP contribution in [-0.2, 0) is 4.74 Å². The molecule has 0 spiro atoms. The molecule has 0 saturated heterocycles. The van der Waals surface area contributed by atoms with Crippen LogP contribution in [0.1, 0.15) is 19.3 Å². The highest BCUT2D eigenvalue weighted by Crippen LogP contribution is 2.41. The van der Waals surface area contributed by atoms with E-state index in [4.69, 9.17) is 4.74 Å². The van der Waals surface area contributed by atoms with E-state index in [0.29, 0.717) is 12.0 Å². The van der Waals surface area contributed by atoms with Crippen LogP contribution in [0, 0.1) is 12.8 Å². The van der Waals surface area contributed by atoms with Crippen molar-refractivity contribution in [1.29, 1.82) is 0 Å². The lowest BCUT2D eigenvalue weighted by Crippen LogP contribution is -2.39. The van der Waals surface area contributed by atoms with Crippen LogP contribution in [-0.4, -0.2) is 12.6 Å². The number of hydrogen-bond acceptors (Lipinski definition) is 2. The Bertz CT molecular complexity index is 365. The minimum Gasteiger partial charge on any atom is -0.497 e. The minimum absolute atomic E-state index is 0.466. The zero-order valence-electron chi connectivity index (χ0n) is 8.83. The number of fused-ring (bicyclic) bond motifs is 1. The van der Waals surface area contributed by atoms with Gasteiger partial charge in [-0.1, -0.05) is 13.0 Å². The maximum atomic E-state index is 5.70. The first-order valence-corrected chi connectivity index (χ1v) is 5.66. The van der Waals surface area contributed by atoms with Gasteiger partial charge in [0, 0.05) is 18.8 Å². The SMILES string of the molecule is [CH2]CC1C2=C(CC3=CC=CNC31)OCC2. The van der Waals surface area contributed by atoms with Crippen LogP contribution in [0.15, 0.2) is 35.3 Å². The number of rotatable bonds is 1. The van der Waals surface area contributed by atoms with Crippen molar-refractivity contribution in [2.24, 2.45) is 5.92 Å². The molecule has 3 aliphatic rings. The molecule has 0 aromatic carbocycles. The smallest absolute Gasteiger partial charge is 0.0998 e. The number of allylic oxidation sites excluding steroid dienone is 3. The van der Waals surface area contributed by atoms with Crippen molar-refractivity contribution in [1.82, 2.24) is 5.32 Å². The lowest BCUT2D eigenvalue weighted by atomic mass is 9.76. The zero-order chi connectivity index (χ0) is 10.3. The van der Waals surface area contributed by atoms with Crippen LogP contribution in [0.3, 0.4) is 0 Å². The van der Waals surface area contributed by atoms with Crippen LogP contribution in [0.25, 0.3) is 0 Å². The summed E-state index contributed by atoms with van der Waals surface area (Å²) in [6.07, 6.45) is 9.38. The Hall–Kier alpha value is -1.18. The monoisotopic (exact) mass is 202 g/mol. The molecule has 0 aromatic rings. The Morgan fingerprint density at radius 1 is 1.53 bits per heavy atom. The molecule has 2 aliphatic heterocycles. The minimum atomic E-state index is 0.466. The van der Waals surface area contributed by atoms with Gasteiger partial charge in [0.15, 0.2) is 0 Å². The molecule has 2 atom stereocenters. The van der Waals surface area contributed by atoms with E-state index in [0.717, 1.165) is 25.9 Å². The molecule has 1 radical (unpaired) electrons. The van der Waals surface area contributed by atoms with Gasteiger partial charge in [0.2, 0.25) is 0 Å². The zero-order valence-corrected chi connectivity index (χ0v) is 8.83. The summed E-state index contributed by atoms with van der Waals surface area (Å²) in [5.41, 5.74) is 2.96. The third kappa shape index (κ3) is 1.31. The third-order valence-electron chi connectivity index (χ3n) is 3.61. The van der Waals surface area contributed by atoms with Gasteiger partial charge in [0.05, 0.1) is 18.4 Å². The number of hydrogen-bond donors (Lipinski definition) is 1. The van der Waals surface area contributed by atoms with Gasteiger partial charge in [0.1, 0.15) is 0 Å². The van der Waals surface area contributed by atoms with E-state index in [-0.39, 0.29) is 0 Å². The van der Waals surface area contributed by atoms with Crippen molar-refractivity contribution >= 4 is 0 Å².